The Hall–Kier alpha value is -2.45. The average Bonchev–Trinajstić information content (AvgIpc) is 3.10. The van der Waals surface area contributed by atoms with Crippen molar-refractivity contribution in [1.29, 1.82) is 0 Å². The van der Waals surface area contributed by atoms with Crippen molar-refractivity contribution in [3.63, 3.8) is 0 Å². The molecule has 1 amide bonds. The smallest absolute Gasteiger partial charge is 0.236 e. The summed E-state index contributed by atoms with van der Waals surface area (Å²) in [4.78, 5) is 16.4. The van der Waals surface area contributed by atoms with Gasteiger partial charge in [0.25, 0.3) is 0 Å². The molecule has 0 saturated heterocycles. The topological polar surface area (TPSA) is 72.7 Å². The Morgan fingerprint density at radius 1 is 1.20 bits per heavy atom. The van der Waals surface area contributed by atoms with Gasteiger partial charge in [0.2, 0.25) is 5.91 Å². The Morgan fingerprint density at radius 2 is 1.93 bits per heavy atom. The third-order valence-electron chi connectivity index (χ3n) is 4.36. The normalized spacial score (nSPS) is 11.3. The van der Waals surface area contributed by atoms with Gasteiger partial charge >= 0.3 is 0 Å². The molecule has 6 nitrogen and oxygen atoms in total. The van der Waals surface area contributed by atoms with Crippen LogP contribution in [0.4, 0.5) is 5.82 Å². The van der Waals surface area contributed by atoms with Gasteiger partial charge < -0.3 is 5.32 Å². The van der Waals surface area contributed by atoms with E-state index in [0.29, 0.717) is 17.5 Å². The number of carbonyl (C=O) groups is 1. The first-order chi connectivity index (χ1) is 14.3. The molecular weight excluding hydrogens is 462 g/mol. The summed E-state index contributed by atoms with van der Waals surface area (Å²) in [6.07, 6.45) is 3.44. The maximum absolute atomic E-state index is 12.3. The van der Waals surface area contributed by atoms with Crippen LogP contribution in [0.25, 0.3) is 11.4 Å². The van der Waals surface area contributed by atoms with Crippen molar-refractivity contribution < 1.29 is 4.79 Å². The van der Waals surface area contributed by atoms with Gasteiger partial charge in [-0.3, -0.25) is 9.36 Å². The maximum Gasteiger partial charge on any atom is 0.236 e. The van der Waals surface area contributed by atoms with Gasteiger partial charge in [0.1, 0.15) is 5.82 Å². The third-order valence-corrected chi connectivity index (χ3v) is 5.80. The van der Waals surface area contributed by atoms with E-state index < -0.39 is 0 Å². The molecule has 0 aliphatic carbocycles. The molecule has 0 saturated carbocycles. The summed E-state index contributed by atoms with van der Waals surface area (Å²) in [5.74, 6) is 1.32. The number of anilines is 1. The van der Waals surface area contributed by atoms with E-state index in [1.807, 2.05) is 10.6 Å². The molecule has 30 heavy (non-hydrogen) atoms. The fraction of sp³-hybridized carbons (Fsp3) is 0.273. The maximum atomic E-state index is 12.3. The lowest BCUT2D eigenvalue weighted by atomic mass is 9.87. The number of pyridine rings is 1. The second kappa shape index (κ2) is 9.57. The van der Waals surface area contributed by atoms with Gasteiger partial charge in [-0.15, -0.1) is 16.8 Å². The molecule has 0 atom stereocenters. The zero-order valence-corrected chi connectivity index (χ0v) is 19.6. The van der Waals surface area contributed by atoms with Crippen molar-refractivity contribution in [3.8, 4) is 11.4 Å². The minimum Gasteiger partial charge on any atom is -0.310 e. The van der Waals surface area contributed by atoms with E-state index in [-0.39, 0.29) is 17.1 Å². The molecule has 0 radical (unpaired) electrons. The molecule has 0 bridgehead atoms. The Morgan fingerprint density at radius 3 is 2.53 bits per heavy atom. The van der Waals surface area contributed by atoms with Crippen LogP contribution >= 0.6 is 27.7 Å². The number of allylic oxidation sites excluding steroid dienone is 1. The summed E-state index contributed by atoms with van der Waals surface area (Å²) in [6, 6.07) is 11.9. The van der Waals surface area contributed by atoms with E-state index in [2.05, 4.69) is 88.0 Å². The van der Waals surface area contributed by atoms with Crippen molar-refractivity contribution in [2.75, 3.05) is 11.1 Å². The standard InChI is InChI=1S/C22H24BrN5OS/c1-5-12-28-20(15-6-8-16(9-7-15)22(2,3)4)26-27-21(28)30-14-19(29)25-18-11-10-17(23)13-24-18/h5-11,13H,1,12,14H2,2-4H3,(H,24,25,29). The summed E-state index contributed by atoms with van der Waals surface area (Å²) in [7, 11) is 0. The van der Waals surface area contributed by atoms with Crippen molar-refractivity contribution in [2.24, 2.45) is 0 Å². The molecule has 156 valence electrons. The highest BCUT2D eigenvalue weighted by Gasteiger charge is 2.17. The minimum absolute atomic E-state index is 0.0887. The van der Waals surface area contributed by atoms with E-state index in [1.165, 1.54) is 17.3 Å². The molecule has 1 aromatic carbocycles. The summed E-state index contributed by atoms with van der Waals surface area (Å²) in [5.41, 5.74) is 2.33. The monoisotopic (exact) mass is 485 g/mol. The molecule has 0 aliphatic heterocycles. The van der Waals surface area contributed by atoms with Gasteiger partial charge in [0, 0.05) is 22.8 Å². The van der Waals surface area contributed by atoms with E-state index in [1.54, 1.807) is 18.3 Å². The van der Waals surface area contributed by atoms with Crippen LogP contribution in [-0.4, -0.2) is 31.4 Å². The van der Waals surface area contributed by atoms with E-state index in [4.69, 9.17) is 0 Å². The second-order valence-corrected chi connectivity index (χ2v) is 9.59. The molecule has 0 fully saturated rings. The van der Waals surface area contributed by atoms with E-state index in [9.17, 15) is 4.79 Å². The molecular formula is C22H24BrN5OS. The molecule has 3 rings (SSSR count). The fourth-order valence-corrected chi connectivity index (χ4v) is 3.76. The number of carbonyl (C=O) groups excluding carboxylic acids is 1. The van der Waals surface area contributed by atoms with Crippen molar-refractivity contribution in [3.05, 3.63) is 65.3 Å². The first-order valence-corrected chi connectivity index (χ1v) is 11.2. The number of hydrogen-bond donors (Lipinski definition) is 1. The van der Waals surface area contributed by atoms with Crippen LogP contribution in [0.2, 0.25) is 0 Å². The lowest BCUT2D eigenvalue weighted by Crippen LogP contribution is -2.15. The second-order valence-electron chi connectivity index (χ2n) is 7.73. The number of benzene rings is 1. The molecule has 1 N–H and O–H groups in total. The van der Waals surface area contributed by atoms with Gasteiger partial charge in [-0.2, -0.15) is 0 Å². The predicted octanol–water partition coefficient (Wildman–Crippen LogP) is 5.32. The Labute approximate surface area is 189 Å². The highest BCUT2D eigenvalue weighted by molar-refractivity contribution is 9.10. The average molecular weight is 486 g/mol. The molecule has 2 heterocycles. The van der Waals surface area contributed by atoms with Crippen LogP contribution in [0.15, 0.2) is 64.9 Å². The van der Waals surface area contributed by atoms with Gasteiger partial charge in [-0.25, -0.2) is 4.98 Å². The summed E-state index contributed by atoms with van der Waals surface area (Å²) in [6.45, 7) is 11.0. The summed E-state index contributed by atoms with van der Waals surface area (Å²) in [5, 5.41) is 12.1. The lowest BCUT2D eigenvalue weighted by Gasteiger charge is -2.19. The van der Waals surface area contributed by atoms with Gasteiger partial charge in [-0.1, -0.05) is 62.9 Å². The number of nitrogens with one attached hydrogen (secondary N) is 1. The molecule has 0 aliphatic rings. The minimum atomic E-state index is -0.154. The van der Waals surface area contributed by atoms with Crippen LogP contribution < -0.4 is 5.32 Å². The van der Waals surface area contributed by atoms with Crippen LogP contribution in [-0.2, 0) is 16.8 Å². The van der Waals surface area contributed by atoms with Crippen molar-refractivity contribution in [1.82, 2.24) is 19.7 Å². The summed E-state index contributed by atoms with van der Waals surface area (Å²) >= 11 is 4.66. The lowest BCUT2D eigenvalue weighted by molar-refractivity contribution is -0.113. The first kappa shape index (κ1) is 22.2. The van der Waals surface area contributed by atoms with Crippen molar-refractivity contribution in [2.45, 2.75) is 37.9 Å². The first-order valence-electron chi connectivity index (χ1n) is 9.47. The van der Waals surface area contributed by atoms with Crippen LogP contribution in [0, 0.1) is 0 Å². The Balaban J connectivity index is 1.73. The number of hydrogen-bond acceptors (Lipinski definition) is 5. The molecule has 2 aromatic heterocycles. The predicted molar refractivity (Wildman–Crippen MR) is 126 cm³/mol. The highest BCUT2D eigenvalue weighted by atomic mass is 79.9. The number of thioether (sulfide) groups is 1. The van der Waals surface area contributed by atoms with E-state index in [0.717, 1.165) is 15.9 Å². The van der Waals surface area contributed by atoms with Gasteiger partial charge in [0.15, 0.2) is 11.0 Å². The van der Waals surface area contributed by atoms with Gasteiger partial charge in [0.05, 0.1) is 5.75 Å². The van der Waals surface area contributed by atoms with Crippen molar-refractivity contribution >= 4 is 39.4 Å². The van der Waals surface area contributed by atoms with Crippen LogP contribution in [0.3, 0.4) is 0 Å². The number of halogens is 1. The largest absolute Gasteiger partial charge is 0.310 e. The number of aromatic nitrogens is 4. The zero-order valence-electron chi connectivity index (χ0n) is 17.2. The molecule has 0 spiro atoms. The van der Waals surface area contributed by atoms with Gasteiger partial charge in [-0.05, 0) is 39.0 Å². The highest BCUT2D eigenvalue weighted by Crippen LogP contribution is 2.28. The quantitative estimate of drug-likeness (QED) is 0.362. The fourth-order valence-electron chi connectivity index (χ4n) is 2.78. The number of nitrogens with zero attached hydrogens (tertiary/aromatic N) is 4. The van der Waals surface area contributed by atoms with Crippen LogP contribution in [0.1, 0.15) is 26.3 Å². The molecule has 8 heteroatoms. The third kappa shape index (κ3) is 5.58. The molecule has 0 unspecified atom stereocenters. The number of rotatable bonds is 7. The Bertz CT molecular complexity index is 1020. The number of amides is 1. The van der Waals surface area contributed by atoms with E-state index >= 15 is 0 Å². The molecule has 3 aromatic rings. The Kier molecular flexibility index (Phi) is 7.10. The van der Waals surface area contributed by atoms with Crippen LogP contribution in [0.5, 0.6) is 0 Å². The zero-order chi connectivity index (χ0) is 21.7. The summed E-state index contributed by atoms with van der Waals surface area (Å²) < 4.78 is 2.82. The SMILES string of the molecule is C=CCn1c(SCC(=O)Nc2ccc(Br)cn2)nnc1-c1ccc(C(C)(C)C)cc1.